The lowest BCUT2D eigenvalue weighted by atomic mass is 9.76. The summed E-state index contributed by atoms with van der Waals surface area (Å²) in [5.74, 6) is 0.214. The molecule has 0 unspecified atom stereocenters. The van der Waals surface area contributed by atoms with E-state index in [4.69, 9.17) is 0 Å². The van der Waals surface area contributed by atoms with Gasteiger partial charge in [0.05, 0.1) is 0 Å². The summed E-state index contributed by atoms with van der Waals surface area (Å²) in [5, 5.41) is 3.27. The SMILES string of the molecule is Cl.Cl.FC(F)C(F)(F)Oc1ccccc1[C@@H](C1CCC1)N1CCNCC1. The van der Waals surface area contributed by atoms with Crippen LogP contribution in [-0.2, 0) is 0 Å². The van der Waals surface area contributed by atoms with Crippen molar-refractivity contribution in [2.75, 3.05) is 26.2 Å². The van der Waals surface area contributed by atoms with Crippen LogP contribution >= 0.6 is 24.8 Å². The summed E-state index contributed by atoms with van der Waals surface area (Å²) in [6.45, 7) is 3.28. The van der Waals surface area contributed by atoms with Gasteiger partial charge in [-0.2, -0.15) is 17.6 Å². The van der Waals surface area contributed by atoms with Gasteiger partial charge in [0.2, 0.25) is 0 Å². The molecule has 1 saturated carbocycles. The molecule has 1 N–H and O–H groups in total. The third kappa shape index (κ3) is 5.15. The average Bonchev–Trinajstić information content (AvgIpc) is 2.52. The van der Waals surface area contributed by atoms with Crippen molar-refractivity contribution in [1.29, 1.82) is 0 Å². The van der Waals surface area contributed by atoms with Gasteiger partial charge in [0, 0.05) is 37.8 Å². The average molecular weight is 419 g/mol. The van der Waals surface area contributed by atoms with Crippen LogP contribution in [0.15, 0.2) is 24.3 Å². The Morgan fingerprint density at radius 2 is 1.69 bits per heavy atom. The van der Waals surface area contributed by atoms with Crippen LogP contribution in [0.3, 0.4) is 0 Å². The van der Waals surface area contributed by atoms with E-state index in [1.165, 1.54) is 12.1 Å². The second-order valence-corrected chi connectivity index (χ2v) is 6.42. The third-order valence-electron chi connectivity index (χ3n) is 4.88. The van der Waals surface area contributed by atoms with Gasteiger partial charge in [-0.1, -0.05) is 24.6 Å². The summed E-state index contributed by atoms with van der Waals surface area (Å²) in [5.41, 5.74) is 0.587. The molecular formula is C17H24Cl2F4N2O. The second kappa shape index (κ2) is 9.97. The highest BCUT2D eigenvalue weighted by molar-refractivity contribution is 5.85. The van der Waals surface area contributed by atoms with Crippen molar-refractivity contribution >= 4 is 24.8 Å². The van der Waals surface area contributed by atoms with E-state index in [9.17, 15) is 17.6 Å². The van der Waals surface area contributed by atoms with Gasteiger partial charge in [0.15, 0.2) is 0 Å². The first-order valence-electron chi connectivity index (χ1n) is 8.37. The molecule has 1 atom stereocenters. The van der Waals surface area contributed by atoms with Gasteiger partial charge in [-0.25, -0.2) is 0 Å². The van der Waals surface area contributed by atoms with Crippen LogP contribution in [0, 0.1) is 5.92 Å². The Morgan fingerprint density at radius 3 is 2.23 bits per heavy atom. The molecule has 3 rings (SSSR count). The molecule has 1 aromatic carbocycles. The summed E-state index contributed by atoms with van der Waals surface area (Å²) in [6, 6.07) is 6.30. The Morgan fingerprint density at radius 1 is 1.08 bits per heavy atom. The lowest BCUT2D eigenvalue weighted by Crippen LogP contribution is -2.48. The molecule has 0 radical (unpaired) electrons. The van der Waals surface area contributed by atoms with Gasteiger partial charge in [-0.3, -0.25) is 4.90 Å². The number of rotatable bonds is 6. The van der Waals surface area contributed by atoms with E-state index in [1.807, 2.05) is 0 Å². The maximum atomic E-state index is 13.4. The molecule has 0 bridgehead atoms. The maximum absolute atomic E-state index is 13.4. The lowest BCUT2D eigenvalue weighted by molar-refractivity contribution is -0.253. The van der Waals surface area contributed by atoms with Gasteiger partial charge >= 0.3 is 12.5 Å². The summed E-state index contributed by atoms with van der Waals surface area (Å²) < 4.78 is 56.4. The summed E-state index contributed by atoms with van der Waals surface area (Å²) in [7, 11) is 0. The molecule has 1 aromatic rings. The molecule has 2 aliphatic rings. The molecule has 150 valence electrons. The molecule has 9 heteroatoms. The number of piperazine rings is 1. The van der Waals surface area contributed by atoms with E-state index in [2.05, 4.69) is 15.0 Å². The smallest absolute Gasteiger partial charge is 0.428 e. The van der Waals surface area contributed by atoms with E-state index in [1.54, 1.807) is 12.1 Å². The lowest BCUT2D eigenvalue weighted by Gasteiger charge is -2.43. The van der Waals surface area contributed by atoms with Gasteiger partial charge in [0.25, 0.3) is 0 Å². The second-order valence-electron chi connectivity index (χ2n) is 6.42. The van der Waals surface area contributed by atoms with Crippen molar-refractivity contribution in [2.24, 2.45) is 5.92 Å². The van der Waals surface area contributed by atoms with Crippen LogP contribution in [0.2, 0.25) is 0 Å². The quantitative estimate of drug-likeness (QED) is 0.687. The first-order chi connectivity index (χ1) is 11.5. The minimum Gasteiger partial charge on any atom is -0.428 e. The van der Waals surface area contributed by atoms with Crippen molar-refractivity contribution < 1.29 is 22.3 Å². The van der Waals surface area contributed by atoms with Crippen LogP contribution in [-0.4, -0.2) is 43.6 Å². The fourth-order valence-electron chi connectivity index (χ4n) is 3.47. The molecular weight excluding hydrogens is 395 g/mol. The van der Waals surface area contributed by atoms with Crippen LogP contribution in [0.1, 0.15) is 30.9 Å². The predicted molar refractivity (Wildman–Crippen MR) is 97.0 cm³/mol. The Labute approximate surface area is 163 Å². The molecule has 0 spiro atoms. The first-order valence-corrected chi connectivity index (χ1v) is 8.37. The monoisotopic (exact) mass is 418 g/mol. The topological polar surface area (TPSA) is 24.5 Å². The number of para-hydroxylation sites is 1. The highest BCUT2D eigenvalue weighted by atomic mass is 35.5. The van der Waals surface area contributed by atoms with Crippen molar-refractivity contribution in [3.8, 4) is 5.75 Å². The summed E-state index contributed by atoms with van der Waals surface area (Å²) in [6.07, 6.45) is -5.18. The molecule has 3 nitrogen and oxygen atoms in total. The van der Waals surface area contributed by atoms with Gasteiger partial charge < -0.3 is 10.1 Å². The molecule has 0 amide bonds. The Balaban J connectivity index is 0.00000169. The largest absolute Gasteiger partial charge is 0.461 e. The predicted octanol–water partition coefficient (Wildman–Crippen LogP) is 4.51. The Bertz CT molecular complexity index is 555. The minimum absolute atomic E-state index is 0. The fourth-order valence-corrected chi connectivity index (χ4v) is 3.47. The number of ether oxygens (including phenoxy) is 1. The zero-order valence-electron chi connectivity index (χ0n) is 14.2. The zero-order valence-corrected chi connectivity index (χ0v) is 15.8. The van der Waals surface area contributed by atoms with Crippen LogP contribution in [0.5, 0.6) is 5.75 Å². The number of hydrogen-bond donors (Lipinski definition) is 1. The summed E-state index contributed by atoms with van der Waals surface area (Å²) >= 11 is 0. The van der Waals surface area contributed by atoms with E-state index in [0.717, 1.165) is 45.4 Å². The number of halogens is 6. The van der Waals surface area contributed by atoms with E-state index in [-0.39, 0.29) is 36.6 Å². The van der Waals surface area contributed by atoms with Crippen molar-refractivity contribution in [3.05, 3.63) is 29.8 Å². The minimum atomic E-state index is -4.48. The van der Waals surface area contributed by atoms with Crippen LogP contribution in [0.25, 0.3) is 0 Å². The maximum Gasteiger partial charge on any atom is 0.461 e. The highest BCUT2D eigenvalue weighted by Crippen LogP contribution is 2.45. The van der Waals surface area contributed by atoms with Crippen LogP contribution < -0.4 is 10.1 Å². The number of benzene rings is 1. The Kier molecular flexibility index (Phi) is 8.93. The molecule has 26 heavy (non-hydrogen) atoms. The molecule has 1 aliphatic heterocycles. The zero-order chi connectivity index (χ0) is 17.2. The summed E-state index contributed by atoms with van der Waals surface area (Å²) in [4.78, 5) is 2.25. The molecule has 1 saturated heterocycles. The number of hydrogen-bond acceptors (Lipinski definition) is 3. The van der Waals surface area contributed by atoms with Crippen molar-refractivity contribution in [2.45, 2.75) is 37.8 Å². The fraction of sp³-hybridized carbons (Fsp3) is 0.647. The molecule has 0 aromatic heterocycles. The van der Waals surface area contributed by atoms with Crippen molar-refractivity contribution in [1.82, 2.24) is 10.2 Å². The van der Waals surface area contributed by atoms with E-state index >= 15 is 0 Å². The van der Waals surface area contributed by atoms with E-state index < -0.39 is 12.5 Å². The highest BCUT2D eigenvalue weighted by Gasteiger charge is 2.45. The first kappa shape index (κ1) is 23.3. The van der Waals surface area contributed by atoms with Gasteiger partial charge in [0.1, 0.15) is 5.75 Å². The number of alkyl halides is 4. The molecule has 1 aliphatic carbocycles. The van der Waals surface area contributed by atoms with E-state index in [0.29, 0.717) is 11.5 Å². The van der Waals surface area contributed by atoms with Crippen LogP contribution in [0.4, 0.5) is 17.6 Å². The molecule has 2 fully saturated rings. The van der Waals surface area contributed by atoms with Gasteiger partial charge in [-0.05, 0) is 24.8 Å². The third-order valence-corrected chi connectivity index (χ3v) is 4.88. The number of nitrogens with zero attached hydrogens (tertiary/aromatic N) is 1. The van der Waals surface area contributed by atoms with Gasteiger partial charge in [-0.15, -0.1) is 24.8 Å². The standard InChI is InChI=1S/C17H22F4N2O.2ClH/c18-16(19)17(20,21)24-14-7-2-1-6-13(14)15(12-4-3-5-12)23-10-8-22-9-11-23;;/h1-2,6-7,12,15-16,22H,3-5,8-11H2;2*1H/t15-;;/m1../s1. The number of nitrogens with one attached hydrogen (secondary N) is 1. The Hall–Kier alpha value is -0.760. The molecule has 1 heterocycles. The normalized spacial score (nSPS) is 19.9. The van der Waals surface area contributed by atoms with Crippen molar-refractivity contribution in [3.63, 3.8) is 0 Å².